The van der Waals surface area contributed by atoms with Crippen LogP contribution in [-0.4, -0.2) is 19.3 Å². The molecule has 0 bridgehead atoms. The highest BCUT2D eigenvalue weighted by Crippen LogP contribution is 2.26. The number of hydrogen-bond acceptors (Lipinski definition) is 2. The summed E-state index contributed by atoms with van der Waals surface area (Å²) in [5.74, 6) is -0.199. The van der Waals surface area contributed by atoms with Crippen LogP contribution < -0.4 is 10.1 Å². The average molecular weight is 246 g/mol. The summed E-state index contributed by atoms with van der Waals surface area (Å²) in [4.78, 5) is 9.86. The summed E-state index contributed by atoms with van der Waals surface area (Å²) in [6.45, 7) is 0.365. The lowest BCUT2D eigenvalue weighted by atomic mass is 10.1. The van der Waals surface area contributed by atoms with E-state index < -0.39 is 6.36 Å². The highest BCUT2D eigenvalue weighted by atomic mass is 19.4. The summed E-state index contributed by atoms with van der Waals surface area (Å²) >= 11 is 0. The van der Waals surface area contributed by atoms with Crippen LogP contribution in [0.5, 0.6) is 5.75 Å². The maximum atomic E-state index is 12.1. The quantitative estimate of drug-likeness (QED) is 0.617. The van der Waals surface area contributed by atoms with E-state index in [0.717, 1.165) is 0 Å². The fraction of sp³-hybridized carbons (Fsp3) is 0.364. The third-order valence-electron chi connectivity index (χ3n) is 2.02. The maximum absolute atomic E-state index is 12.1. The topological polar surface area (TPSA) is 38.3 Å². The predicted molar refractivity (Wildman–Crippen MR) is 55.1 cm³/mol. The molecule has 0 fully saturated rings. The van der Waals surface area contributed by atoms with E-state index in [4.69, 9.17) is 0 Å². The van der Waals surface area contributed by atoms with Gasteiger partial charge in [-0.1, -0.05) is 18.2 Å². The molecule has 17 heavy (non-hydrogen) atoms. The lowest BCUT2D eigenvalue weighted by Gasteiger charge is -2.12. The van der Waals surface area contributed by atoms with Crippen LogP contribution in [0.3, 0.4) is 0 Å². The minimum atomic E-state index is -4.69. The Morgan fingerprint density at radius 2 is 2.00 bits per heavy atom. The molecular weight excluding hydrogens is 235 g/mol. The van der Waals surface area contributed by atoms with E-state index in [1.807, 2.05) is 0 Å². The van der Waals surface area contributed by atoms with Crippen molar-refractivity contribution >= 4 is 6.41 Å². The van der Waals surface area contributed by atoms with E-state index in [2.05, 4.69) is 10.1 Å². The zero-order valence-corrected chi connectivity index (χ0v) is 8.88. The van der Waals surface area contributed by atoms with Gasteiger partial charge in [-0.2, -0.15) is 0 Å². The van der Waals surface area contributed by atoms with Crippen LogP contribution in [0, 0.1) is 0 Å². The number of aryl methyl sites for hydroxylation is 1. The highest BCUT2D eigenvalue weighted by Gasteiger charge is 2.31. The van der Waals surface area contributed by atoms with E-state index in [9.17, 15) is 18.0 Å². The van der Waals surface area contributed by atoms with Gasteiger partial charge in [0.05, 0.1) is 0 Å². The van der Waals surface area contributed by atoms with Crippen LogP contribution in [0.15, 0.2) is 24.3 Å². The van der Waals surface area contributed by atoms with Gasteiger partial charge in [0.1, 0.15) is 5.75 Å². The van der Waals surface area contributed by atoms with Gasteiger partial charge in [0, 0.05) is 6.54 Å². The van der Waals surface area contributed by atoms with Crippen molar-refractivity contribution in [2.75, 3.05) is 6.54 Å². The molecule has 0 aliphatic rings. The van der Waals surface area contributed by atoms with Crippen LogP contribution in [-0.2, 0) is 11.2 Å². The van der Waals surface area contributed by atoms with Crippen molar-refractivity contribution in [3.05, 3.63) is 29.8 Å². The van der Waals surface area contributed by atoms with Crippen molar-refractivity contribution in [2.24, 2.45) is 0 Å². The molecule has 0 heterocycles. The van der Waals surface area contributed by atoms with Crippen molar-refractivity contribution in [2.45, 2.75) is 19.2 Å². The van der Waals surface area contributed by atoms with E-state index in [-0.39, 0.29) is 5.75 Å². The molecule has 1 N–H and O–H groups in total. The minimum absolute atomic E-state index is 0.199. The van der Waals surface area contributed by atoms with E-state index >= 15 is 0 Å². The number of ether oxygens (including phenoxy) is 1. The molecule has 0 saturated heterocycles. The molecule has 0 aromatic heterocycles. The van der Waals surface area contributed by atoms with Crippen molar-refractivity contribution in [1.29, 1.82) is 0 Å². The molecule has 6 heteroatoms. The first-order chi connectivity index (χ1) is 8.03. The Hall–Kier alpha value is -1.72. The van der Waals surface area contributed by atoms with Gasteiger partial charge in [-0.15, -0.1) is 13.2 Å². The number of rotatable bonds is 6. The second-order valence-corrected chi connectivity index (χ2v) is 3.29. The number of alkyl halides is 3. The molecule has 1 radical (unpaired) electrons. The SMILES string of the molecule is O=[C]NCCCc1ccccc1OC(F)(F)F. The molecular formula is C11H11F3NO2. The largest absolute Gasteiger partial charge is 0.573 e. The summed E-state index contributed by atoms with van der Waals surface area (Å²) in [5, 5.41) is 2.32. The number of nitrogens with one attached hydrogen (secondary N) is 1. The van der Waals surface area contributed by atoms with Crippen molar-refractivity contribution < 1.29 is 22.7 Å². The first kappa shape index (κ1) is 13.3. The maximum Gasteiger partial charge on any atom is 0.573 e. The zero-order chi connectivity index (χ0) is 12.7. The number of halogens is 3. The van der Waals surface area contributed by atoms with Gasteiger partial charge in [-0.3, -0.25) is 4.79 Å². The molecule has 0 spiro atoms. The van der Waals surface area contributed by atoms with Crippen LogP contribution in [0.1, 0.15) is 12.0 Å². The number of hydrogen-bond donors (Lipinski definition) is 1. The molecule has 1 aromatic rings. The summed E-state index contributed by atoms with van der Waals surface area (Å²) in [6.07, 6.45) is -2.28. The van der Waals surface area contributed by atoms with E-state index in [1.54, 1.807) is 12.1 Å². The smallest absolute Gasteiger partial charge is 0.406 e. The highest BCUT2D eigenvalue weighted by molar-refractivity contribution is 5.46. The summed E-state index contributed by atoms with van der Waals surface area (Å²) in [6, 6.07) is 5.94. The van der Waals surface area contributed by atoms with Crippen molar-refractivity contribution in [3.63, 3.8) is 0 Å². The third-order valence-corrected chi connectivity index (χ3v) is 2.02. The molecule has 0 unspecified atom stereocenters. The van der Waals surface area contributed by atoms with Gasteiger partial charge < -0.3 is 10.1 Å². The molecule has 1 rings (SSSR count). The summed E-state index contributed by atoms with van der Waals surface area (Å²) in [5.41, 5.74) is 0.456. The Bertz CT molecular complexity index is 366. The number of para-hydroxylation sites is 1. The van der Waals surface area contributed by atoms with Gasteiger partial charge in [-0.25, -0.2) is 0 Å². The van der Waals surface area contributed by atoms with Crippen LogP contribution >= 0.6 is 0 Å². The molecule has 0 atom stereocenters. The molecule has 3 nitrogen and oxygen atoms in total. The van der Waals surface area contributed by atoms with Crippen LogP contribution in [0.4, 0.5) is 13.2 Å². The van der Waals surface area contributed by atoms with Gasteiger partial charge >= 0.3 is 12.8 Å². The molecule has 0 saturated carbocycles. The Morgan fingerprint density at radius 1 is 1.29 bits per heavy atom. The molecule has 1 amide bonds. The number of amides is 1. The molecule has 1 aromatic carbocycles. The fourth-order valence-electron chi connectivity index (χ4n) is 1.35. The predicted octanol–water partition coefficient (Wildman–Crippen LogP) is 2.17. The van der Waals surface area contributed by atoms with Crippen LogP contribution in [0.25, 0.3) is 0 Å². The first-order valence-corrected chi connectivity index (χ1v) is 4.96. The molecule has 0 aliphatic carbocycles. The Kier molecular flexibility index (Phi) is 4.81. The summed E-state index contributed by atoms with van der Waals surface area (Å²) < 4.78 is 40.1. The standard InChI is InChI=1S/C11H11F3NO2/c12-11(13,14)17-10-6-2-1-4-9(10)5-3-7-15-8-16/h1-2,4,6H,3,5,7H2,(H,15,16). The van der Waals surface area contributed by atoms with Gasteiger partial charge in [0.15, 0.2) is 0 Å². The first-order valence-electron chi connectivity index (χ1n) is 4.96. The Balaban J connectivity index is 2.61. The normalized spacial score (nSPS) is 11.0. The number of carbonyl (C=O) groups excluding carboxylic acids is 1. The van der Waals surface area contributed by atoms with Gasteiger partial charge in [-0.05, 0) is 24.5 Å². The fourth-order valence-corrected chi connectivity index (χ4v) is 1.35. The van der Waals surface area contributed by atoms with Gasteiger partial charge in [0.25, 0.3) is 0 Å². The Morgan fingerprint density at radius 3 is 2.65 bits per heavy atom. The monoisotopic (exact) mass is 246 g/mol. The second-order valence-electron chi connectivity index (χ2n) is 3.29. The minimum Gasteiger partial charge on any atom is -0.406 e. The Labute approximate surface area is 96.6 Å². The van der Waals surface area contributed by atoms with Crippen LogP contribution in [0.2, 0.25) is 0 Å². The third kappa shape index (κ3) is 5.24. The average Bonchev–Trinajstić information content (AvgIpc) is 2.24. The summed E-state index contributed by atoms with van der Waals surface area (Å²) in [7, 11) is 0. The van der Waals surface area contributed by atoms with E-state index in [1.165, 1.54) is 18.5 Å². The van der Waals surface area contributed by atoms with Crippen molar-refractivity contribution in [1.82, 2.24) is 5.32 Å². The second kappa shape index (κ2) is 6.12. The zero-order valence-electron chi connectivity index (χ0n) is 8.88. The number of benzene rings is 1. The lowest BCUT2D eigenvalue weighted by Crippen LogP contribution is -2.18. The molecule has 0 aliphatic heterocycles. The van der Waals surface area contributed by atoms with Crippen molar-refractivity contribution in [3.8, 4) is 5.75 Å². The van der Waals surface area contributed by atoms with E-state index in [0.29, 0.717) is 24.9 Å². The van der Waals surface area contributed by atoms with Gasteiger partial charge in [0.2, 0.25) is 0 Å². The lowest BCUT2D eigenvalue weighted by molar-refractivity contribution is -0.274. The molecule has 93 valence electrons.